The molecule has 0 spiro atoms. The van der Waals surface area contributed by atoms with Crippen LogP contribution in [0.5, 0.6) is 0 Å². The normalized spacial score (nSPS) is 10.6. The monoisotopic (exact) mass is 221 g/mol. The van der Waals surface area contributed by atoms with Crippen LogP contribution in [-0.2, 0) is 0 Å². The molecule has 0 aliphatic heterocycles. The lowest BCUT2D eigenvalue weighted by Gasteiger charge is -2.03. The van der Waals surface area contributed by atoms with Gasteiger partial charge in [-0.05, 0) is 23.3 Å². The summed E-state index contributed by atoms with van der Waals surface area (Å²) in [5.41, 5.74) is 3.11. The summed E-state index contributed by atoms with van der Waals surface area (Å²) in [6.45, 7) is 0. The molecule has 1 aromatic heterocycles. The topological polar surface area (TPSA) is 32.9 Å². The van der Waals surface area contributed by atoms with E-state index in [1.807, 2.05) is 48.5 Å². The first-order chi connectivity index (χ1) is 8.34. The van der Waals surface area contributed by atoms with Gasteiger partial charge >= 0.3 is 0 Å². The predicted molar refractivity (Wildman–Crippen MR) is 70.0 cm³/mol. The summed E-state index contributed by atoms with van der Waals surface area (Å²) in [5.74, 6) is 0. The van der Waals surface area contributed by atoms with E-state index in [-0.39, 0.29) is 5.43 Å². The van der Waals surface area contributed by atoms with Crippen LogP contribution in [0.4, 0.5) is 0 Å². The van der Waals surface area contributed by atoms with Crippen LogP contribution in [0.2, 0.25) is 0 Å². The molecule has 0 bridgehead atoms. The average molecular weight is 221 g/mol. The van der Waals surface area contributed by atoms with E-state index >= 15 is 0 Å². The third-order valence-electron chi connectivity index (χ3n) is 2.87. The molecule has 1 heterocycles. The minimum Gasteiger partial charge on any atom is -0.361 e. The number of benzene rings is 2. The molecule has 0 saturated heterocycles. The third-order valence-corrected chi connectivity index (χ3v) is 2.87. The van der Waals surface area contributed by atoms with Crippen LogP contribution >= 0.6 is 0 Å². The van der Waals surface area contributed by atoms with Gasteiger partial charge in [0.1, 0.15) is 0 Å². The zero-order chi connectivity index (χ0) is 11.7. The highest BCUT2D eigenvalue weighted by molar-refractivity contribution is 5.84. The van der Waals surface area contributed by atoms with Gasteiger partial charge in [0.15, 0.2) is 5.43 Å². The highest BCUT2D eigenvalue weighted by atomic mass is 16.1. The Labute approximate surface area is 98.6 Å². The second-order valence-corrected chi connectivity index (χ2v) is 3.97. The fraction of sp³-hybridized carbons (Fsp3) is 0. The van der Waals surface area contributed by atoms with E-state index in [0.29, 0.717) is 0 Å². The third kappa shape index (κ3) is 1.74. The maximum absolute atomic E-state index is 11.7. The second kappa shape index (κ2) is 3.91. The number of aromatic amines is 1. The van der Waals surface area contributed by atoms with E-state index in [1.165, 1.54) is 0 Å². The smallest absolute Gasteiger partial charge is 0.189 e. The van der Waals surface area contributed by atoms with Crippen molar-refractivity contribution in [3.8, 4) is 11.1 Å². The largest absolute Gasteiger partial charge is 0.361 e. The molecule has 0 aliphatic rings. The molecule has 17 heavy (non-hydrogen) atoms. The lowest BCUT2D eigenvalue weighted by atomic mass is 10.0. The minimum absolute atomic E-state index is 0.0523. The van der Waals surface area contributed by atoms with E-state index in [2.05, 4.69) is 4.98 Å². The molecule has 2 nitrogen and oxygen atoms in total. The molecule has 3 rings (SSSR count). The minimum atomic E-state index is 0.0523. The summed E-state index contributed by atoms with van der Waals surface area (Å²) < 4.78 is 0. The van der Waals surface area contributed by atoms with Gasteiger partial charge in [-0.1, -0.05) is 36.4 Å². The average Bonchev–Trinajstić information content (AvgIpc) is 2.40. The van der Waals surface area contributed by atoms with Crippen LogP contribution in [0.1, 0.15) is 0 Å². The Balaban J connectivity index is 2.27. The fourth-order valence-corrected chi connectivity index (χ4v) is 1.98. The van der Waals surface area contributed by atoms with Crippen LogP contribution in [0.25, 0.3) is 22.0 Å². The SMILES string of the molecule is O=c1cc[nH]c2ccc(-c3ccccc3)cc12. The van der Waals surface area contributed by atoms with Crippen molar-refractivity contribution < 1.29 is 0 Å². The summed E-state index contributed by atoms with van der Waals surface area (Å²) in [5, 5.41) is 0.730. The van der Waals surface area contributed by atoms with E-state index in [4.69, 9.17) is 0 Å². The summed E-state index contributed by atoms with van der Waals surface area (Å²) in [6, 6.07) is 17.5. The molecule has 0 atom stereocenters. The Kier molecular flexibility index (Phi) is 2.26. The second-order valence-electron chi connectivity index (χ2n) is 3.97. The van der Waals surface area contributed by atoms with E-state index in [1.54, 1.807) is 12.3 Å². The lowest BCUT2D eigenvalue weighted by molar-refractivity contribution is 1.39. The first-order valence-electron chi connectivity index (χ1n) is 5.51. The number of aromatic nitrogens is 1. The van der Waals surface area contributed by atoms with Crippen molar-refractivity contribution in [2.45, 2.75) is 0 Å². The molecule has 1 N–H and O–H groups in total. The molecule has 2 aromatic carbocycles. The molecule has 82 valence electrons. The molecule has 0 fully saturated rings. The first kappa shape index (κ1) is 9.85. The highest BCUT2D eigenvalue weighted by Crippen LogP contribution is 2.21. The van der Waals surface area contributed by atoms with Crippen molar-refractivity contribution >= 4 is 10.9 Å². The summed E-state index contributed by atoms with van der Waals surface area (Å²) in [6.07, 6.45) is 1.67. The van der Waals surface area contributed by atoms with Crippen molar-refractivity contribution in [1.82, 2.24) is 4.98 Å². The van der Waals surface area contributed by atoms with Crippen molar-refractivity contribution in [2.24, 2.45) is 0 Å². The molecule has 0 radical (unpaired) electrons. The standard InChI is InChI=1S/C15H11NO/c17-15-8-9-16-14-7-6-12(10-13(14)15)11-4-2-1-3-5-11/h1-10H,(H,16,17). The molecule has 0 aliphatic carbocycles. The van der Waals surface area contributed by atoms with Crippen LogP contribution in [0.15, 0.2) is 65.6 Å². The van der Waals surface area contributed by atoms with Crippen molar-refractivity contribution in [3.05, 3.63) is 71.0 Å². The number of fused-ring (bicyclic) bond motifs is 1. The van der Waals surface area contributed by atoms with Gasteiger partial charge in [-0.2, -0.15) is 0 Å². The van der Waals surface area contributed by atoms with Gasteiger partial charge in [-0.3, -0.25) is 4.79 Å². The molecule has 0 saturated carbocycles. The Morgan fingerprint density at radius 3 is 2.47 bits per heavy atom. The molecule has 0 unspecified atom stereocenters. The zero-order valence-electron chi connectivity index (χ0n) is 9.18. The van der Waals surface area contributed by atoms with Crippen LogP contribution < -0.4 is 5.43 Å². The van der Waals surface area contributed by atoms with Gasteiger partial charge in [0.05, 0.1) is 0 Å². The number of rotatable bonds is 1. The number of H-pyrrole nitrogens is 1. The predicted octanol–water partition coefficient (Wildman–Crippen LogP) is 3.20. The van der Waals surface area contributed by atoms with Gasteiger partial charge in [-0.25, -0.2) is 0 Å². The van der Waals surface area contributed by atoms with Crippen molar-refractivity contribution in [3.63, 3.8) is 0 Å². The van der Waals surface area contributed by atoms with E-state index in [0.717, 1.165) is 22.0 Å². The highest BCUT2D eigenvalue weighted by Gasteiger charge is 2.01. The summed E-state index contributed by atoms with van der Waals surface area (Å²) in [7, 11) is 0. The molecule has 2 heteroatoms. The van der Waals surface area contributed by atoms with Gasteiger partial charge < -0.3 is 4.98 Å². The number of hydrogen-bond acceptors (Lipinski definition) is 1. The quantitative estimate of drug-likeness (QED) is 0.672. The van der Waals surface area contributed by atoms with Gasteiger partial charge in [0.25, 0.3) is 0 Å². The van der Waals surface area contributed by atoms with E-state index in [9.17, 15) is 4.79 Å². The molecule has 0 amide bonds. The Bertz CT molecular complexity index is 714. The first-order valence-corrected chi connectivity index (χ1v) is 5.51. The maximum Gasteiger partial charge on any atom is 0.189 e. The summed E-state index contributed by atoms with van der Waals surface area (Å²) >= 11 is 0. The Morgan fingerprint density at radius 2 is 1.65 bits per heavy atom. The van der Waals surface area contributed by atoms with Gasteiger partial charge in [0.2, 0.25) is 0 Å². The van der Waals surface area contributed by atoms with Gasteiger partial charge in [0, 0.05) is 23.2 Å². The maximum atomic E-state index is 11.7. The van der Waals surface area contributed by atoms with E-state index < -0.39 is 0 Å². The number of nitrogens with one attached hydrogen (secondary N) is 1. The number of hydrogen-bond donors (Lipinski definition) is 1. The number of pyridine rings is 1. The summed E-state index contributed by atoms with van der Waals surface area (Å²) in [4.78, 5) is 14.8. The fourth-order valence-electron chi connectivity index (χ4n) is 1.98. The molecule has 3 aromatic rings. The van der Waals surface area contributed by atoms with Crippen LogP contribution in [-0.4, -0.2) is 4.98 Å². The lowest BCUT2D eigenvalue weighted by Crippen LogP contribution is -1.99. The van der Waals surface area contributed by atoms with Crippen LogP contribution in [0, 0.1) is 0 Å². The van der Waals surface area contributed by atoms with Gasteiger partial charge in [-0.15, -0.1) is 0 Å². The Morgan fingerprint density at radius 1 is 0.824 bits per heavy atom. The van der Waals surface area contributed by atoms with Crippen molar-refractivity contribution in [2.75, 3.05) is 0 Å². The van der Waals surface area contributed by atoms with Crippen molar-refractivity contribution in [1.29, 1.82) is 0 Å². The zero-order valence-corrected chi connectivity index (χ0v) is 9.18. The Hall–Kier alpha value is -2.35. The molecular weight excluding hydrogens is 210 g/mol. The van der Waals surface area contributed by atoms with Crippen LogP contribution in [0.3, 0.4) is 0 Å². The molecular formula is C15H11NO.